The van der Waals surface area contributed by atoms with Gasteiger partial charge >= 0.3 is 5.97 Å². The molecule has 0 spiro atoms. The minimum atomic E-state index is -0.644. The molecule has 0 saturated heterocycles. The second-order valence-corrected chi connectivity index (χ2v) is 5.44. The molecule has 2 rings (SSSR count). The van der Waals surface area contributed by atoms with Crippen molar-refractivity contribution in [2.24, 2.45) is 10.9 Å². The molecule has 120 valence electrons. The van der Waals surface area contributed by atoms with Crippen LogP contribution in [0.15, 0.2) is 47.6 Å². The quantitative estimate of drug-likeness (QED) is 0.395. The first-order chi connectivity index (χ1) is 11.0. The van der Waals surface area contributed by atoms with Gasteiger partial charge in [0, 0.05) is 10.6 Å². The number of rotatable bonds is 5. The summed E-state index contributed by atoms with van der Waals surface area (Å²) in [6.07, 6.45) is 0. The minimum Gasteiger partial charge on any atom is -0.482 e. The van der Waals surface area contributed by atoms with E-state index in [9.17, 15) is 4.79 Å². The van der Waals surface area contributed by atoms with Crippen LogP contribution in [-0.2, 0) is 9.63 Å². The lowest BCUT2D eigenvalue weighted by atomic mass is 10.1. The maximum absolute atomic E-state index is 11.6. The summed E-state index contributed by atoms with van der Waals surface area (Å²) >= 11 is 5.85. The normalized spacial score (nSPS) is 11.2. The van der Waals surface area contributed by atoms with Gasteiger partial charge in [-0.15, -0.1) is 0 Å². The van der Waals surface area contributed by atoms with Crippen LogP contribution in [0.3, 0.4) is 0 Å². The first-order valence-corrected chi connectivity index (χ1v) is 7.33. The Bertz CT molecular complexity index is 727. The molecule has 0 aromatic heterocycles. The Hall–Kier alpha value is -2.53. The third kappa shape index (κ3) is 5.00. The van der Waals surface area contributed by atoms with Gasteiger partial charge in [-0.2, -0.15) is 0 Å². The number of aryl methyl sites for hydroxylation is 2. The van der Waals surface area contributed by atoms with Crippen molar-refractivity contribution in [3.05, 3.63) is 64.2 Å². The SMILES string of the molecule is Cc1ccc(/C(N)=N/OC(=O)COc2ccc(Cl)cc2C)cc1. The largest absolute Gasteiger partial charge is 0.482 e. The third-order valence-corrected chi connectivity index (χ3v) is 3.31. The highest BCUT2D eigenvalue weighted by molar-refractivity contribution is 6.30. The number of hydrogen-bond acceptors (Lipinski definition) is 4. The Morgan fingerprint density at radius 1 is 1.17 bits per heavy atom. The van der Waals surface area contributed by atoms with E-state index < -0.39 is 5.97 Å². The maximum Gasteiger partial charge on any atom is 0.372 e. The number of carbonyl (C=O) groups is 1. The molecule has 23 heavy (non-hydrogen) atoms. The number of amidine groups is 1. The molecule has 0 aliphatic rings. The van der Waals surface area contributed by atoms with Crippen molar-refractivity contribution in [2.45, 2.75) is 13.8 Å². The summed E-state index contributed by atoms with van der Waals surface area (Å²) in [4.78, 5) is 16.4. The summed E-state index contributed by atoms with van der Waals surface area (Å²) < 4.78 is 5.36. The lowest BCUT2D eigenvalue weighted by Gasteiger charge is -2.07. The topological polar surface area (TPSA) is 73.9 Å². The van der Waals surface area contributed by atoms with Gasteiger partial charge in [-0.1, -0.05) is 46.6 Å². The summed E-state index contributed by atoms with van der Waals surface area (Å²) in [6.45, 7) is 3.53. The average molecular weight is 333 g/mol. The molecule has 0 unspecified atom stereocenters. The van der Waals surface area contributed by atoms with Crippen molar-refractivity contribution in [1.29, 1.82) is 0 Å². The van der Waals surface area contributed by atoms with Crippen molar-refractivity contribution in [3.8, 4) is 5.75 Å². The fourth-order valence-electron chi connectivity index (χ4n) is 1.81. The van der Waals surface area contributed by atoms with E-state index in [1.54, 1.807) is 30.3 Å². The zero-order valence-corrected chi connectivity index (χ0v) is 13.6. The summed E-state index contributed by atoms with van der Waals surface area (Å²) in [7, 11) is 0. The Balaban J connectivity index is 1.89. The van der Waals surface area contributed by atoms with Crippen molar-refractivity contribution < 1.29 is 14.4 Å². The number of nitrogens with zero attached hydrogens (tertiary/aromatic N) is 1. The average Bonchev–Trinajstić information content (AvgIpc) is 2.52. The van der Waals surface area contributed by atoms with Crippen LogP contribution < -0.4 is 10.5 Å². The highest BCUT2D eigenvalue weighted by Gasteiger charge is 2.07. The molecule has 0 heterocycles. The molecule has 0 radical (unpaired) electrons. The number of carbonyl (C=O) groups excluding carboxylic acids is 1. The van der Waals surface area contributed by atoms with Crippen LogP contribution >= 0.6 is 11.6 Å². The smallest absolute Gasteiger partial charge is 0.372 e. The Morgan fingerprint density at radius 2 is 1.87 bits per heavy atom. The van der Waals surface area contributed by atoms with E-state index in [0.717, 1.165) is 11.1 Å². The summed E-state index contributed by atoms with van der Waals surface area (Å²) in [5.41, 5.74) is 8.37. The summed E-state index contributed by atoms with van der Waals surface area (Å²) in [5.74, 6) is 0.0391. The van der Waals surface area contributed by atoms with E-state index in [1.165, 1.54) is 0 Å². The number of benzene rings is 2. The fraction of sp³-hybridized carbons (Fsp3) is 0.176. The van der Waals surface area contributed by atoms with Crippen molar-refractivity contribution in [3.63, 3.8) is 0 Å². The Kier molecular flexibility index (Phi) is 5.60. The lowest BCUT2D eigenvalue weighted by molar-refractivity contribution is -0.146. The molecule has 6 heteroatoms. The molecule has 0 bridgehead atoms. The van der Waals surface area contributed by atoms with Crippen LogP contribution in [-0.4, -0.2) is 18.4 Å². The van der Waals surface area contributed by atoms with Gasteiger partial charge in [0.2, 0.25) is 0 Å². The molecule has 2 N–H and O–H groups in total. The third-order valence-electron chi connectivity index (χ3n) is 3.08. The van der Waals surface area contributed by atoms with Gasteiger partial charge < -0.3 is 15.3 Å². The van der Waals surface area contributed by atoms with E-state index in [2.05, 4.69) is 5.16 Å². The number of oxime groups is 1. The van der Waals surface area contributed by atoms with Gasteiger partial charge in [0.15, 0.2) is 12.4 Å². The van der Waals surface area contributed by atoms with E-state index in [0.29, 0.717) is 16.3 Å². The number of ether oxygens (including phenoxy) is 1. The highest BCUT2D eigenvalue weighted by Crippen LogP contribution is 2.21. The van der Waals surface area contributed by atoms with Gasteiger partial charge in [-0.3, -0.25) is 0 Å². The van der Waals surface area contributed by atoms with E-state index >= 15 is 0 Å². The predicted octanol–water partition coefficient (Wildman–Crippen LogP) is 3.20. The monoisotopic (exact) mass is 332 g/mol. The summed E-state index contributed by atoms with van der Waals surface area (Å²) in [5, 5.41) is 4.22. The molecule has 0 aliphatic heterocycles. The number of nitrogens with two attached hydrogens (primary N) is 1. The first-order valence-electron chi connectivity index (χ1n) is 6.95. The van der Waals surface area contributed by atoms with Crippen molar-refractivity contribution >= 4 is 23.4 Å². The predicted molar refractivity (Wildman–Crippen MR) is 89.7 cm³/mol. The zero-order valence-electron chi connectivity index (χ0n) is 12.9. The van der Waals surface area contributed by atoms with Crippen LogP contribution in [0.1, 0.15) is 16.7 Å². The molecular formula is C17H17ClN2O3. The van der Waals surface area contributed by atoms with Crippen molar-refractivity contribution in [1.82, 2.24) is 0 Å². The number of halogens is 1. The van der Waals surface area contributed by atoms with Crippen LogP contribution in [0.5, 0.6) is 5.75 Å². The van der Waals surface area contributed by atoms with Gasteiger partial charge in [0.25, 0.3) is 0 Å². The van der Waals surface area contributed by atoms with E-state index in [1.807, 2.05) is 26.0 Å². The second kappa shape index (κ2) is 7.65. The van der Waals surface area contributed by atoms with Crippen molar-refractivity contribution in [2.75, 3.05) is 6.61 Å². The molecular weight excluding hydrogens is 316 g/mol. The molecule has 0 aliphatic carbocycles. The standard InChI is InChI=1S/C17H17ClN2O3/c1-11-3-5-13(6-4-11)17(19)20-23-16(21)10-22-15-8-7-14(18)9-12(15)2/h3-9H,10H2,1-2H3,(H2,19,20). The van der Waals surface area contributed by atoms with Crippen LogP contribution in [0.2, 0.25) is 5.02 Å². The highest BCUT2D eigenvalue weighted by atomic mass is 35.5. The lowest BCUT2D eigenvalue weighted by Crippen LogP contribution is -2.18. The van der Waals surface area contributed by atoms with E-state index in [-0.39, 0.29) is 12.4 Å². The molecule has 5 nitrogen and oxygen atoms in total. The summed E-state index contributed by atoms with van der Waals surface area (Å²) in [6, 6.07) is 12.5. The fourth-order valence-corrected chi connectivity index (χ4v) is 2.04. The van der Waals surface area contributed by atoms with E-state index in [4.69, 9.17) is 26.9 Å². The van der Waals surface area contributed by atoms with Gasteiger partial charge in [0.05, 0.1) is 0 Å². The van der Waals surface area contributed by atoms with Gasteiger partial charge in [-0.25, -0.2) is 4.79 Å². The second-order valence-electron chi connectivity index (χ2n) is 5.00. The van der Waals surface area contributed by atoms with Crippen LogP contribution in [0.4, 0.5) is 0 Å². The molecule has 2 aromatic rings. The molecule has 2 aromatic carbocycles. The number of hydrogen-bond donors (Lipinski definition) is 1. The van der Waals surface area contributed by atoms with Crippen LogP contribution in [0.25, 0.3) is 0 Å². The van der Waals surface area contributed by atoms with Gasteiger partial charge in [-0.05, 0) is 37.6 Å². The molecule has 0 saturated carbocycles. The van der Waals surface area contributed by atoms with Gasteiger partial charge in [0.1, 0.15) is 5.75 Å². The Labute approximate surface area is 139 Å². The first kappa shape index (κ1) is 16.8. The molecule has 0 fully saturated rings. The minimum absolute atomic E-state index is 0.126. The Morgan fingerprint density at radius 3 is 2.52 bits per heavy atom. The zero-order chi connectivity index (χ0) is 16.8. The maximum atomic E-state index is 11.6. The molecule has 0 atom stereocenters. The van der Waals surface area contributed by atoms with Crippen LogP contribution in [0, 0.1) is 13.8 Å². The molecule has 0 amide bonds.